The summed E-state index contributed by atoms with van der Waals surface area (Å²) in [5, 5.41) is 30.9. The van der Waals surface area contributed by atoms with Crippen LogP contribution in [0.1, 0.15) is 162 Å². The molecule has 1 aliphatic heterocycles. The maximum atomic E-state index is 12.8. The van der Waals surface area contributed by atoms with Crippen molar-refractivity contribution in [2.45, 2.75) is 198 Å². The van der Waals surface area contributed by atoms with Crippen LogP contribution in [-0.4, -0.2) is 96.0 Å². The molecule has 12 nitrogen and oxygen atoms in total. The first-order valence-electron chi connectivity index (χ1n) is 22.3. The van der Waals surface area contributed by atoms with Gasteiger partial charge in [-0.05, 0) is 70.6 Å². The lowest BCUT2D eigenvalue weighted by molar-refractivity contribution is -0.297. The molecule has 0 amide bonds. The molecule has 0 radical (unpaired) electrons. The largest absolute Gasteiger partial charge is 0.462 e. The van der Waals surface area contributed by atoms with Crippen LogP contribution in [0.2, 0.25) is 0 Å². The first-order valence-corrected chi connectivity index (χ1v) is 24.0. The Bertz CT molecular complexity index is 1320. The van der Waals surface area contributed by atoms with Gasteiger partial charge >= 0.3 is 11.9 Å². The van der Waals surface area contributed by atoms with Gasteiger partial charge in [0.15, 0.2) is 12.4 Å². The fourth-order valence-electron chi connectivity index (χ4n) is 6.35. The Hall–Kier alpha value is -2.65. The average Bonchev–Trinajstić information content (AvgIpc) is 3.20. The normalized spacial score (nSPS) is 20.8. The van der Waals surface area contributed by atoms with Crippen LogP contribution in [0.25, 0.3) is 0 Å². The summed E-state index contributed by atoms with van der Waals surface area (Å²) in [6, 6.07) is 0. The number of ether oxygens (including phenoxy) is 4. The molecule has 1 heterocycles. The zero-order valence-electron chi connectivity index (χ0n) is 36.1. The fraction of sp³-hybridized carbons (Fsp3) is 0.739. The lowest BCUT2D eigenvalue weighted by Crippen LogP contribution is -2.60. The minimum atomic E-state index is -4.61. The summed E-state index contributed by atoms with van der Waals surface area (Å²) in [5.74, 6) is -2.02. The Morgan fingerprint density at radius 3 is 1.59 bits per heavy atom. The second-order valence-corrected chi connectivity index (χ2v) is 16.8. The van der Waals surface area contributed by atoms with Crippen LogP contribution in [0.15, 0.2) is 60.8 Å². The number of aliphatic hydroxyl groups excluding tert-OH is 3. The predicted octanol–water partition coefficient (Wildman–Crippen LogP) is 8.95. The van der Waals surface area contributed by atoms with E-state index in [2.05, 4.69) is 74.6 Å². The van der Waals surface area contributed by atoms with Gasteiger partial charge in [0.25, 0.3) is 10.1 Å². The van der Waals surface area contributed by atoms with Gasteiger partial charge in [-0.25, -0.2) is 0 Å². The Morgan fingerprint density at radius 2 is 1.07 bits per heavy atom. The number of esters is 2. The molecule has 4 N–H and O–H groups in total. The molecule has 59 heavy (non-hydrogen) atoms. The highest BCUT2D eigenvalue weighted by Gasteiger charge is 2.46. The lowest BCUT2D eigenvalue weighted by Gasteiger charge is -2.40. The van der Waals surface area contributed by atoms with E-state index >= 15 is 0 Å². The topological polar surface area (TPSA) is 186 Å². The summed E-state index contributed by atoms with van der Waals surface area (Å²) < 4.78 is 54.0. The van der Waals surface area contributed by atoms with Crippen LogP contribution in [-0.2, 0) is 38.7 Å². The molecule has 0 spiro atoms. The molecule has 0 aromatic carbocycles. The van der Waals surface area contributed by atoms with Crippen LogP contribution in [0.3, 0.4) is 0 Å². The maximum Gasteiger partial charge on any atom is 0.306 e. The van der Waals surface area contributed by atoms with Crippen LogP contribution >= 0.6 is 0 Å². The molecule has 0 bridgehead atoms. The number of carbonyl (C=O) groups excluding carboxylic acids is 2. The van der Waals surface area contributed by atoms with E-state index in [9.17, 15) is 37.9 Å². The summed E-state index contributed by atoms with van der Waals surface area (Å²) in [4.78, 5) is 25.4. The Kier molecular flexibility index (Phi) is 33.2. The van der Waals surface area contributed by atoms with Gasteiger partial charge in [-0.2, -0.15) is 8.42 Å². The molecular weight excluding hydrogens is 777 g/mol. The second-order valence-electron chi connectivity index (χ2n) is 15.3. The summed E-state index contributed by atoms with van der Waals surface area (Å²) in [6.07, 6.45) is 34.0. The van der Waals surface area contributed by atoms with E-state index in [1.54, 1.807) is 0 Å². The number of aliphatic hydroxyl groups is 3. The first kappa shape index (κ1) is 54.4. The molecule has 13 heteroatoms. The average molecular weight is 855 g/mol. The van der Waals surface area contributed by atoms with E-state index < -0.39 is 71.2 Å². The third-order valence-corrected chi connectivity index (χ3v) is 10.6. The van der Waals surface area contributed by atoms with Crippen LogP contribution in [0, 0.1) is 0 Å². The molecule has 0 aromatic rings. The number of unbranched alkanes of at least 4 members (excludes halogenated alkanes) is 14. The highest BCUT2D eigenvalue weighted by atomic mass is 32.2. The number of carbonyl (C=O) groups is 2. The summed E-state index contributed by atoms with van der Waals surface area (Å²) in [5.41, 5.74) is 0. The number of allylic oxidation sites excluding steroid dienone is 10. The van der Waals surface area contributed by atoms with Gasteiger partial charge in [0.2, 0.25) is 0 Å². The van der Waals surface area contributed by atoms with Crippen molar-refractivity contribution in [3.8, 4) is 0 Å². The molecule has 1 saturated heterocycles. The molecule has 6 unspecified atom stereocenters. The van der Waals surface area contributed by atoms with Crippen molar-refractivity contribution in [3.05, 3.63) is 60.8 Å². The van der Waals surface area contributed by atoms with E-state index in [0.29, 0.717) is 12.8 Å². The van der Waals surface area contributed by atoms with E-state index in [-0.39, 0.29) is 19.4 Å². The number of hydrogen-bond acceptors (Lipinski definition) is 11. The number of hydrogen-bond donors (Lipinski definition) is 4. The van der Waals surface area contributed by atoms with E-state index in [1.807, 2.05) is 0 Å². The summed E-state index contributed by atoms with van der Waals surface area (Å²) in [7, 11) is -4.61. The highest BCUT2D eigenvalue weighted by Crippen LogP contribution is 2.24. The smallest absolute Gasteiger partial charge is 0.306 e. The van der Waals surface area contributed by atoms with Crippen molar-refractivity contribution in [1.29, 1.82) is 0 Å². The van der Waals surface area contributed by atoms with Crippen LogP contribution in [0.5, 0.6) is 0 Å². The van der Waals surface area contributed by atoms with Gasteiger partial charge in [0.05, 0.1) is 6.61 Å². The second kappa shape index (κ2) is 36.0. The quantitative estimate of drug-likeness (QED) is 0.0203. The predicted molar refractivity (Wildman–Crippen MR) is 233 cm³/mol. The van der Waals surface area contributed by atoms with E-state index in [0.717, 1.165) is 109 Å². The molecule has 340 valence electrons. The molecular formula is C46H78O12S. The van der Waals surface area contributed by atoms with Gasteiger partial charge in [-0.1, -0.05) is 139 Å². The monoisotopic (exact) mass is 855 g/mol. The van der Waals surface area contributed by atoms with Crippen molar-refractivity contribution < 1.29 is 56.8 Å². The van der Waals surface area contributed by atoms with Gasteiger partial charge in [0, 0.05) is 12.8 Å². The molecule has 6 atom stereocenters. The third-order valence-electron chi connectivity index (χ3n) is 9.83. The van der Waals surface area contributed by atoms with Crippen LogP contribution in [0.4, 0.5) is 0 Å². The zero-order chi connectivity index (χ0) is 43.4. The van der Waals surface area contributed by atoms with Crippen molar-refractivity contribution in [3.63, 3.8) is 0 Å². The lowest BCUT2D eigenvalue weighted by atomic mass is 10.00. The Morgan fingerprint density at radius 1 is 0.593 bits per heavy atom. The molecule has 1 fully saturated rings. The molecule has 0 saturated carbocycles. The molecule has 1 aliphatic rings. The number of rotatable bonds is 36. The first-order chi connectivity index (χ1) is 28.5. The van der Waals surface area contributed by atoms with Crippen molar-refractivity contribution in [2.24, 2.45) is 0 Å². The molecule has 1 rings (SSSR count). The minimum absolute atomic E-state index is 0.147. The van der Waals surface area contributed by atoms with Gasteiger partial charge in [-0.3, -0.25) is 14.1 Å². The standard InChI is InChI=1S/C46H78O12S/c1-3-5-7-9-11-13-15-17-19-20-21-23-25-27-29-31-33-35-42(48)57-39(37-56-46-45(51)44(50)43(49)40(58-46)38-59(52,53)54)36-55-41(47)34-32-30-28-26-24-22-18-16-14-12-10-8-6-4-2/h5,7,10-13,16-19,39-40,43-46,49-51H,3-4,6,8-9,14-15,20-38H2,1-2H3,(H,52,53,54)/b7-5-,12-10-,13-11-,18-16-,19-17-. The van der Waals surface area contributed by atoms with Gasteiger partial charge in [-0.15, -0.1) is 0 Å². The highest BCUT2D eigenvalue weighted by molar-refractivity contribution is 7.85. The van der Waals surface area contributed by atoms with Crippen molar-refractivity contribution in [1.82, 2.24) is 0 Å². The van der Waals surface area contributed by atoms with Crippen LogP contribution < -0.4 is 0 Å². The third kappa shape index (κ3) is 30.9. The molecule has 0 aromatic heterocycles. The van der Waals surface area contributed by atoms with E-state index in [1.165, 1.54) is 12.8 Å². The Balaban J connectivity index is 2.47. The summed E-state index contributed by atoms with van der Waals surface area (Å²) in [6.45, 7) is 3.58. The Labute approximate surface area is 355 Å². The zero-order valence-corrected chi connectivity index (χ0v) is 36.9. The van der Waals surface area contributed by atoms with Gasteiger partial charge < -0.3 is 34.3 Å². The minimum Gasteiger partial charge on any atom is -0.462 e. The summed E-state index contributed by atoms with van der Waals surface area (Å²) >= 11 is 0. The fourth-order valence-corrected chi connectivity index (χ4v) is 7.04. The van der Waals surface area contributed by atoms with Crippen molar-refractivity contribution >= 4 is 22.1 Å². The maximum absolute atomic E-state index is 12.8. The molecule has 0 aliphatic carbocycles. The van der Waals surface area contributed by atoms with Crippen molar-refractivity contribution in [2.75, 3.05) is 19.0 Å². The van der Waals surface area contributed by atoms with Gasteiger partial charge in [0.1, 0.15) is 36.8 Å². The van der Waals surface area contributed by atoms with E-state index in [4.69, 9.17) is 18.9 Å². The SMILES string of the molecule is CC/C=C\C/C=C\C/C=C\CCCCCCCCCC(=O)OC(COC(=O)CCCCCCC/C=C\C/C=C\CCCC)COC1OC(CS(=O)(=O)O)C(O)C(O)C1O.